The predicted molar refractivity (Wildman–Crippen MR) is 103 cm³/mol. The molecule has 0 unspecified atom stereocenters. The van der Waals surface area contributed by atoms with Crippen molar-refractivity contribution in [2.24, 2.45) is 5.92 Å². The van der Waals surface area contributed by atoms with Gasteiger partial charge in [-0.05, 0) is 50.5 Å². The molecule has 136 valence electrons. The van der Waals surface area contributed by atoms with E-state index >= 15 is 0 Å². The van der Waals surface area contributed by atoms with Crippen LogP contribution in [-0.2, 0) is 17.6 Å². The number of nitrogens with zero attached hydrogens (tertiary/aromatic N) is 4. The quantitative estimate of drug-likeness (QED) is 0.791. The summed E-state index contributed by atoms with van der Waals surface area (Å²) in [5, 5.41) is 22.3. The Bertz CT molecular complexity index is 890. The molecule has 2 aliphatic carbocycles. The first-order valence-electron chi connectivity index (χ1n) is 8.95. The molecular weight excluding hydrogens is 366 g/mol. The second-order valence-corrected chi connectivity index (χ2v) is 9.18. The van der Waals surface area contributed by atoms with Crippen LogP contribution in [0.1, 0.15) is 54.1 Å². The summed E-state index contributed by atoms with van der Waals surface area (Å²) in [5.41, 5.74) is 1.80. The molecule has 1 fully saturated rings. The highest BCUT2D eigenvalue weighted by Crippen LogP contribution is 2.40. The molecule has 0 bridgehead atoms. The number of hydrogen-bond donors (Lipinski definition) is 1. The first kappa shape index (κ1) is 17.6. The van der Waals surface area contributed by atoms with Gasteiger partial charge in [-0.2, -0.15) is 5.26 Å². The van der Waals surface area contributed by atoms with Gasteiger partial charge in [-0.1, -0.05) is 18.7 Å². The van der Waals surface area contributed by atoms with Crippen LogP contribution in [0, 0.1) is 24.2 Å². The third kappa shape index (κ3) is 3.38. The number of thioether (sulfide) groups is 1. The van der Waals surface area contributed by atoms with E-state index in [1.807, 2.05) is 6.92 Å². The summed E-state index contributed by atoms with van der Waals surface area (Å²) < 4.78 is 2.13. The molecule has 8 heteroatoms. The highest BCUT2D eigenvalue weighted by Gasteiger charge is 2.29. The molecule has 2 aromatic rings. The molecule has 2 aromatic heterocycles. The fraction of sp³-hybridized carbons (Fsp3) is 0.556. The number of hydrogen-bond acceptors (Lipinski definition) is 6. The van der Waals surface area contributed by atoms with Gasteiger partial charge in [-0.15, -0.1) is 21.5 Å². The Kier molecular flexibility index (Phi) is 4.76. The van der Waals surface area contributed by atoms with Gasteiger partial charge in [0.15, 0.2) is 5.16 Å². The Labute approximate surface area is 161 Å². The van der Waals surface area contributed by atoms with Crippen LogP contribution >= 0.6 is 23.1 Å². The number of carbonyl (C=O) groups is 1. The highest BCUT2D eigenvalue weighted by molar-refractivity contribution is 7.99. The van der Waals surface area contributed by atoms with E-state index < -0.39 is 0 Å². The van der Waals surface area contributed by atoms with Gasteiger partial charge in [0.25, 0.3) is 0 Å². The number of rotatable bonds is 5. The van der Waals surface area contributed by atoms with Crippen LogP contribution in [0.3, 0.4) is 0 Å². The maximum absolute atomic E-state index is 12.4. The molecule has 1 N–H and O–H groups in total. The van der Waals surface area contributed by atoms with Crippen LogP contribution in [0.25, 0.3) is 0 Å². The van der Waals surface area contributed by atoms with Crippen molar-refractivity contribution < 1.29 is 4.79 Å². The van der Waals surface area contributed by atoms with Gasteiger partial charge in [-0.25, -0.2) is 0 Å². The van der Waals surface area contributed by atoms with Gasteiger partial charge in [-0.3, -0.25) is 4.79 Å². The Morgan fingerprint density at radius 1 is 1.42 bits per heavy atom. The first-order chi connectivity index (χ1) is 12.6. The number of anilines is 1. The standard InChI is InChI=1S/C18H21N5OS2/c1-10-3-6-13-14(8-19)17(26-15(13)7-10)20-16(24)9-25-18-22-21-11(2)23(18)12-4-5-12/h10,12H,3-7,9H2,1-2H3,(H,20,24)/t10-/m1/s1. The monoisotopic (exact) mass is 387 g/mol. The normalized spacial score (nSPS) is 19.0. The van der Waals surface area contributed by atoms with Crippen LogP contribution in [0.2, 0.25) is 0 Å². The highest BCUT2D eigenvalue weighted by atomic mass is 32.2. The van der Waals surface area contributed by atoms with Crippen LogP contribution < -0.4 is 5.32 Å². The molecule has 1 amide bonds. The van der Waals surface area contributed by atoms with Crippen molar-refractivity contribution in [3.05, 3.63) is 21.8 Å². The fourth-order valence-electron chi connectivity index (χ4n) is 3.45. The average molecular weight is 388 g/mol. The maximum atomic E-state index is 12.4. The summed E-state index contributed by atoms with van der Waals surface area (Å²) >= 11 is 2.98. The number of nitrogens with one attached hydrogen (secondary N) is 1. The lowest BCUT2D eigenvalue weighted by molar-refractivity contribution is -0.113. The molecular formula is C18H21N5OS2. The summed E-state index contributed by atoms with van der Waals surface area (Å²) in [4.78, 5) is 13.7. The minimum atomic E-state index is -0.0962. The molecule has 1 atom stereocenters. The van der Waals surface area contributed by atoms with E-state index in [9.17, 15) is 10.1 Å². The molecule has 2 heterocycles. The third-order valence-corrected chi connectivity index (χ3v) is 7.07. The number of aryl methyl sites for hydroxylation is 1. The lowest BCUT2D eigenvalue weighted by atomic mass is 9.89. The predicted octanol–water partition coefficient (Wildman–Crippen LogP) is 3.71. The van der Waals surface area contributed by atoms with Crippen molar-refractivity contribution in [1.82, 2.24) is 14.8 Å². The smallest absolute Gasteiger partial charge is 0.235 e. The van der Waals surface area contributed by atoms with Crippen LogP contribution in [0.5, 0.6) is 0 Å². The summed E-state index contributed by atoms with van der Waals surface area (Å²) in [6.07, 6.45) is 5.36. The summed E-state index contributed by atoms with van der Waals surface area (Å²) in [6.45, 7) is 4.19. The van der Waals surface area contributed by atoms with Gasteiger partial charge in [0, 0.05) is 10.9 Å². The Hall–Kier alpha value is -1.85. The zero-order valence-electron chi connectivity index (χ0n) is 14.9. The van der Waals surface area contributed by atoms with Crippen molar-refractivity contribution in [1.29, 1.82) is 5.26 Å². The first-order valence-corrected chi connectivity index (χ1v) is 10.8. The summed E-state index contributed by atoms with van der Waals surface area (Å²) in [6, 6.07) is 2.79. The number of amides is 1. The topological polar surface area (TPSA) is 83.6 Å². The molecule has 26 heavy (non-hydrogen) atoms. The minimum absolute atomic E-state index is 0.0962. The molecule has 0 saturated heterocycles. The van der Waals surface area contributed by atoms with Gasteiger partial charge in [0.1, 0.15) is 16.9 Å². The van der Waals surface area contributed by atoms with Gasteiger partial charge >= 0.3 is 0 Å². The van der Waals surface area contributed by atoms with Crippen LogP contribution in [0.15, 0.2) is 5.16 Å². The van der Waals surface area contributed by atoms with Crippen molar-refractivity contribution >= 4 is 34.0 Å². The SMILES string of the molecule is Cc1nnc(SCC(=O)Nc2sc3c(c2C#N)CC[C@@H](C)C3)n1C1CC1. The van der Waals surface area contributed by atoms with Crippen molar-refractivity contribution in [2.45, 2.75) is 57.1 Å². The van der Waals surface area contributed by atoms with Gasteiger partial charge in [0.2, 0.25) is 5.91 Å². The number of thiophene rings is 1. The maximum Gasteiger partial charge on any atom is 0.235 e. The largest absolute Gasteiger partial charge is 0.316 e. The van der Waals surface area contributed by atoms with E-state index in [2.05, 4.69) is 33.1 Å². The van der Waals surface area contributed by atoms with Gasteiger partial charge in [0.05, 0.1) is 11.3 Å². The second kappa shape index (κ2) is 7.05. The zero-order valence-corrected chi connectivity index (χ0v) is 16.5. The van der Waals surface area contributed by atoms with E-state index in [1.54, 1.807) is 11.3 Å². The number of nitriles is 1. The van der Waals surface area contributed by atoms with E-state index in [-0.39, 0.29) is 11.7 Å². The van der Waals surface area contributed by atoms with E-state index in [0.29, 0.717) is 22.5 Å². The van der Waals surface area contributed by atoms with Crippen molar-refractivity contribution in [3.63, 3.8) is 0 Å². The lowest BCUT2D eigenvalue weighted by Crippen LogP contribution is -2.14. The molecule has 2 aliphatic rings. The summed E-state index contributed by atoms with van der Waals surface area (Å²) in [7, 11) is 0. The lowest BCUT2D eigenvalue weighted by Gasteiger charge is -2.17. The molecule has 4 rings (SSSR count). The van der Waals surface area contributed by atoms with E-state index in [4.69, 9.17) is 0 Å². The molecule has 6 nitrogen and oxygen atoms in total. The van der Waals surface area contributed by atoms with Crippen LogP contribution in [0.4, 0.5) is 5.00 Å². The van der Waals surface area contributed by atoms with E-state index in [0.717, 1.165) is 48.6 Å². The number of aromatic nitrogens is 3. The summed E-state index contributed by atoms with van der Waals surface area (Å²) in [5.74, 6) is 1.72. The number of fused-ring (bicyclic) bond motifs is 1. The average Bonchev–Trinajstić information content (AvgIpc) is 3.29. The molecule has 0 radical (unpaired) electrons. The van der Waals surface area contributed by atoms with Crippen LogP contribution in [-0.4, -0.2) is 26.4 Å². The van der Waals surface area contributed by atoms with Crippen molar-refractivity contribution in [3.8, 4) is 6.07 Å². The number of carbonyl (C=O) groups excluding carboxylic acids is 1. The minimum Gasteiger partial charge on any atom is -0.316 e. The molecule has 0 aromatic carbocycles. The van der Waals surface area contributed by atoms with Crippen molar-refractivity contribution in [2.75, 3.05) is 11.1 Å². The zero-order chi connectivity index (χ0) is 18.3. The molecule has 0 spiro atoms. The molecule has 0 aliphatic heterocycles. The second-order valence-electron chi connectivity index (χ2n) is 7.14. The third-order valence-electron chi connectivity index (χ3n) is 4.96. The Morgan fingerprint density at radius 2 is 2.23 bits per heavy atom. The molecule has 1 saturated carbocycles. The fourth-order valence-corrected chi connectivity index (χ4v) is 5.68. The Morgan fingerprint density at radius 3 is 2.96 bits per heavy atom. The Balaban J connectivity index is 1.43. The van der Waals surface area contributed by atoms with E-state index in [1.165, 1.54) is 16.6 Å². The van der Waals surface area contributed by atoms with Gasteiger partial charge < -0.3 is 9.88 Å².